The van der Waals surface area contributed by atoms with Gasteiger partial charge in [-0.05, 0) is 36.9 Å². The topological polar surface area (TPSA) is 74.8 Å². The van der Waals surface area contributed by atoms with Crippen LogP contribution in [0, 0.1) is 0 Å². The molecular formula is C19H21ClN4O3. The first-order chi connectivity index (χ1) is 13.0. The van der Waals surface area contributed by atoms with Gasteiger partial charge in [0.25, 0.3) is 0 Å². The highest BCUT2D eigenvalue weighted by molar-refractivity contribution is 6.39. The third-order valence-electron chi connectivity index (χ3n) is 4.33. The van der Waals surface area contributed by atoms with Crippen molar-refractivity contribution in [2.24, 2.45) is 0 Å². The Morgan fingerprint density at radius 2 is 1.81 bits per heavy atom. The summed E-state index contributed by atoms with van der Waals surface area (Å²) in [5.74, 6) is -0.206. The number of anilines is 1. The summed E-state index contributed by atoms with van der Waals surface area (Å²) < 4.78 is 5.59. The number of aromatic nitrogens is 1. The number of carbonyl (C=O) groups excluding carboxylic acids is 2. The van der Waals surface area contributed by atoms with Gasteiger partial charge < -0.3 is 19.9 Å². The van der Waals surface area contributed by atoms with E-state index >= 15 is 0 Å². The average molecular weight is 389 g/mol. The van der Waals surface area contributed by atoms with Gasteiger partial charge in [0.15, 0.2) is 0 Å². The number of rotatable bonds is 4. The number of likely N-dealkylation sites (N-methyl/N-ethyl adjacent to an activating group) is 1. The third-order valence-corrected chi connectivity index (χ3v) is 4.58. The second-order valence-electron chi connectivity index (χ2n) is 6.12. The van der Waals surface area contributed by atoms with Crippen LogP contribution in [0.3, 0.4) is 0 Å². The van der Waals surface area contributed by atoms with Crippen molar-refractivity contribution in [2.75, 3.05) is 38.0 Å². The van der Waals surface area contributed by atoms with Gasteiger partial charge in [0.2, 0.25) is 5.88 Å². The Kier molecular flexibility index (Phi) is 6.26. The lowest BCUT2D eigenvalue weighted by molar-refractivity contribution is -0.144. The lowest BCUT2D eigenvalue weighted by Crippen LogP contribution is -2.51. The molecular weight excluding hydrogens is 368 g/mol. The van der Waals surface area contributed by atoms with Crippen LogP contribution in [0.25, 0.3) is 0 Å². The Balaban J connectivity index is 1.53. The molecule has 1 saturated heterocycles. The van der Waals surface area contributed by atoms with Gasteiger partial charge >= 0.3 is 11.8 Å². The molecule has 27 heavy (non-hydrogen) atoms. The standard InChI is InChI=1S/C19H21ClN4O3/c1-2-23-9-11-24(12-10-23)19(26)18(25)22-15-5-8-17(21-13-15)27-16-6-3-14(20)4-7-16/h3-8,13H,2,9-12H2,1H3,(H,22,25). The van der Waals surface area contributed by atoms with Crippen molar-refractivity contribution in [1.82, 2.24) is 14.8 Å². The van der Waals surface area contributed by atoms with Gasteiger partial charge in [0.1, 0.15) is 5.75 Å². The predicted molar refractivity (Wildman–Crippen MR) is 103 cm³/mol. The Labute approximate surface area is 162 Å². The molecule has 0 unspecified atom stereocenters. The maximum absolute atomic E-state index is 12.3. The maximum Gasteiger partial charge on any atom is 0.313 e. The summed E-state index contributed by atoms with van der Waals surface area (Å²) in [6.07, 6.45) is 1.45. The summed E-state index contributed by atoms with van der Waals surface area (Å²) in [6.45, 7) is 5.72. The molecule has 0 radical (unpaired) electrons. The summed E-state index contributed by atoms with van der Waals surface area (Å²) in [5.41, 5.74) is 0.434. The normalized spacial score (nSPS) is 14.7. The van der Waals surface area contributed by atoms with Crippen LogP contribution in [0.4, 0.5) is 5.69 Å². The molecule has 7 nitrogen and oxygen atoms in total. The summed E-state index contributed by atoms with van der Waals surface area (Å²) in [6, 6.07) is 10.2. The third kappa shape index (κ3) is 5.18. The van der Waals surface area contributed by atoms with Gasteiger partial charge in [0, 0.05) is 37.3 Å². The number of hydrogen-bond donors (Lipinski definition) is 1. The first-order valence-electron chi connectivity index (χ1n) is 8.77. The first-order valence-corrected chi connectivity index (χ1v) is 9.15. The second kappa shape index (κ2) is 8.83. The minimum Gasteiger partial charge on any atom is -0.439 e. The van der Waals surface area contributed by atoms with Crippen molar-refractivity contribution in [3.05, 3.63) is 47.6 Å². The summed E-state index contributed by atoms with van der Waals surface area (Å²) in [5, 5.41) is 3.20. The zero-order chi connectivity index (χ0) is 19.2. The number of piperazine rings is 1. The zero-order valence-corrected chi connectivity index (χ0v) is 15.8. The molecule has 142 valence electrons. The number of nitrogens with zero attached hydrogens (tertiary/aromatic N) is 3. The van der Waals surface area contributed by atoms with Crippen molar-refractivity contribution in [3.63, 3.8) is 0 Å². The Bertz CT molecular complexity index is 788. The van der Waals surface area contributed by atoms with Gasteiger partial charge in [-0.25, -0.2) is 4.98 Å². The van der Waals surface area contributed by atoms with Gasteiger partial charge in [-0.2, -0.15) is 0 Å². The van der Waals surface area contributed by atoms with E-state index in [-0.39, 0.29) is 0 Å². The van der Waals surface area contributed by atoms with E-state index in [0.717, 1.165) is 19.6 Å². The van der Waals surface area contributed by atoms with Crippen LogP contribution in [0.2, 0.25) is 5.02 Å². The number of carbonyl (C=O) groups is 2. The zero-order valence-electron chi connectivity index (χ0n) is 15.0. The quantitative estimate of drug-likeness (QED) is 0.815. The SMILES string of the molecule is CCN1CCN(C(=O)C(=O)Nc2ccc(Oc3ccc(Cl)cc3)nc2)CC1. The number of benzene rings is 1. The molecule has 0 aliphatic carbocycles. The maximum atomic E-state index is 12.3. The van der Waals surface area contributed by atoms with Gasteiger partial charge in [-0.3, -0.25) is 9.59 Å². The van der Waals surface area contributed by atoms with Crippen molar-refractivity contribution in [2.45, 2.75) is 6.92 Å². The molecule has 0 bridgehead atoms. The molecule has 2 heterocycles. The monoisotopic (exact) mass is 388 g/mol. The number of halogens is 1. The number of amides is 2. The lowest BCUT2D eigenvalue weighted by Gasteiger charge is -2.33. The molecule has 1 fully saturated rings. The molecule has 0 saturated carbocycles. The number of nitrogens with one attached hydrogen (secondary N) is 1. The average Bonchev–Trinajstić information content (AvgIpc) is 2.70. The highest BCUT2D eigenvalue weighted by Gasteiger charge is 2.25. The Morgan fingerprint density at radius 1 is 1.11 bits per heavy atom. The van der Waals surface area contributed by atoms with Crippen LogP contribution in [0.5, 0.6) is 11.6 Å². The molecule has 2 amide bonds. The fourth-order valence-electron chi connectivity index (χ4n) is 2.73. The van der Waals surface area contributed by atoms with Crippen molar-refractivity contribution >= 4 is 29.1 Å². The highest BCUT2D eigenvalue weighted by Crippen LogP contribution is 2.22. The molecule has 1 aliphatic heterocycles. The lowest BCUT2D eigenvalue weighted by atomic mass is 10.3. The van der Waals surface area contributed by atoms with E-state index in [0.29, 0.717) is 35.4 Å². The number of ether oxygens (including phenoxy) is 1. The summed E-state index contributed by atoms with van der Waals surface area (Å²) in [4.78, 5) is 32.4. The van der Waals surface area contributed by atoms with E-state index in [2.05, 4.69) is 22.1 Å². The minimum atomic E-state index is -0.659. The number of pyridine rings is 1. The molecule has 2 aromatic rings. The summed E-state index contributed by atoms with van der Waals surface area (Å²) in [7, 11) is 0. The fraction of sp³-hybridized carbons (Fsp3) is 0.316. The second-order valence-corrected chi connectivity index (χ2v) is 6.56. The van der Waals surface area contributed by atoms with Crippen molar-refractivity contribution < 1.29 is 14.3 Å². The summed E-state index contributed by atoms with van der Waals surface area (Å²) >= 11 is 5.84. The van der Waals surface area contributed by atoms with Crippen molar-refractivity contribution in [1.29, 1.82) is 0 Å². The van der Waals surface area contributed by atoms with Crippen LogP contribution in [0.1, 0.15) is 6.92 Å². The van der Waals surface area contributed by atoms with Crippen LogP contribution >= 0.6 is 11.6 Å². The smallest absolute Gasteiger partial charge is 0.313 e. The predicted octanol–water partition coefficient (Wildman–Crippen LogP) is 2.63. The Hall–Kier alpha value is -2.64. The highest BCUT2D eigenvalue weighted by atomic mass is 35.5. The minimum absolute atomic E-state index is 0.373. The van der Waals surface area contributed by atoms with Crippen LogP contribution < -0.4 is 10.1 Å². The largest absolute Gasteiger partial charge is 0.439 e. The number of hydrogen-bond acceptors (Lipinski definition) is 5. The van der Waals surface area contributed by atoms with E-state index in [9.17, 15) is 9.59 Å². The van der Waals surface area contributed by atoms with Gasteiger partial charge in [0.05, 0.1) is 11.9 Å². The fourth-order valence-corrected chi connectivity index (χ4v) is 2.86. The molecule has 8 heteroatoms. The van der Waals surface area contributed by atoms with Crippen LogP contribution in [0.15, 0.2) is 42.6 Å². The van der Waals surface area contributed by atoms with E-state index in [1.807, 2.05) is 0 Å². The van der Waals surface area contributed by atoms with E-state index in [4.69, 9.17) is 16.3 Å². The van der Waals surface area contributed by atoms with Crippen LogP contribution in [-0.2, 0) is 9.59 Å². The molecule has 0 spiro atoms. The molecule has 1 aromatic carbocycles. The van der Waals surface area contributed by atoms with E-state index in [1.165, 1.54) is 6.20 Å². The first kappa shape index (κ1) is 19.1. The van der Waals surface area contributed by atoms with E-state index in [1.54, 1.807) is 41.3 Å². The van der Waals surface area contributed by atoms with Gasteiger partial charge in [-0.1, -0.05) is 18.5 Å². The van der Waals surface area contributed by atoms with Crippen molar-refractivity contribution in [3.8, 4) is 11.6 Å². The molecule has 0 atom stereocenters. The Morgan fingerprint density at radius 3 is 2.41 bits per heavy atom. The molecule has 1 aromatic heterocycles. The molecule has 1 aliphatic rings. The van der Waals surface area contributed by atoms with Gasteiger partial charge in [-0.15, -0.1) is 0 Å². The molecule has 1 N–H and O–H groups in total. The van der Waals surface area contributed by atoms with E-state index < -0.39 is 11.8 Å². The van der Waals surface area contributed by atoms with Crippen LogP contribution in [-0.4, -0.2) is 59.3 Å². The molecule has 3 rings (SSSR count).